The summed E-state index contributed by atoms with van der Waals surface area (Å²) in [5, 5.41) is 21.3. The lowest BCUT2D eigenvalue weighted by Gasteiger charge is -2.26. The van der Waals surface area contributed by atoms with Gasteiger partial charge in [0.15, 0.2) is 5.57 Å². The minimum absolute atomic E-state index is 0.0301. The van der Waals surface area contributed by atoms with E-state index in [1.54, 1.807) is 11.8 Å². The Morgan fingerprint density at radius 1 is 1.17 bits per heavy atom. The van der Waals surface area contributed by atoms with Crippen LogP contribution in [0, 0.1) is 22.7 Å². The Bertz CT molecular complexity index is 809. The van der Waals surface area contributed by atoms with Crippen molar-refractivity contribution in [3.8, 4) is 12.1 Å². The van der Waals surface area contributed by atoms with Crippen molar-refractivity contribution in [3.05, 3.63) is 35.0 Å². The Labute approximate surface area is 172 Å². The molecule has 0 spiro atoms. The fourth-order valence-electron chi connectivity index (χ4n) is 3.84. The maximum Gasteiger partial charge on any atom is 0.219 e. The lowest BCUT2D eigenvalue weighted by molar-refractivity contribution is -0.129. The highest BCUT2D eigenvalue weighted by molar-refractivity contribution is 5.73. The molecule has 0 aromatic carbocycles. The number of amides is 1. The number of carbonyl (C=O) groups is 1. The summed E-state index contributed by atoms with van der Waals surface area (Å²) in [6.07, 6.45) is 3.79. The molecule has 1 aromatic heterocycles. The minimum Gasteiger partial charge on any atom is -0.463 e. The van der Waals surface area contributed by atoms with E-state index >= 15 is 0 Å². The smallest absolute Gasteiger partial charge is 0.219 e. The van der Waals surface area contributed by atoms with E-state index in [9.17, 15) is 4.79 Å². The summed E-state index contributed by atoms with van der Waals surface area (Å²) >= 11 is 0. The van der Waals surface area contributed by atoms with Crippen molar-refractivity contribution in [3.63, 3.8) is 0 Å². The van der Waals surface area contributed by atoms with Gasteiger partial charge in [-0.3, -0.25) is 9.69 Å². The van der Waals surface area contributed by atoms with Gasteiger partial charge in [0, 0.05) is 33.1 Å². The monoisotopic (exact) mass is 396 g/mol. The predicted molar refractivity (Wildman–Crippen MR) is 107 cm³/mol. The highest BCUT2D eigenvalue weighted by Gasteiger charge is 2.22. The van der Waals surface area contributed by atoms with Crippen LogP contribution in [0.5, 0.6) is 0 Å². The summed E-state index contributed by atoms with van der Waals surface area (Å²) < 4.78 is 5.98. The molecule has 2 aliphatic heterocycles. The van der Waals surface area contributed by atoms with Crippen molar-refractivity contribution >= 4 is 5.91 Å². The van der Waals surface area contributed by atoms with Gasteiger partial charge in [0.2, 0.25) is 5.91 Å². The quantitative estimate of drug-likeness (QED) is 0.701. The number of furan rings is 1. The molecule has 8 heteroatoms. The summed E-state index contributed by atoms with van der Waals surface area (Å²) in [6.45, 7) is 7.44. The SMILES string of the molecule is CC(=O)N(CCN1CCNC1=C(C#N)C#N)Cc1ccc(CN2CCCCC2)o1. The van der Waals surface area contributed by atoms with Crippen LogP contribution in [0.2, 0.25) is 0 Å². The second kappa shape index (κ2) is 9.99. The molecule has 1 amide bonds. The van der Waals surface area contributed by atoms with Crippen LogP contribution < -0.4 is 5.32 Å². The lowest BCUT2D eigenvalue weighted by atomic mass is 10.1. The van der Waals surface area contributed by atoms with Crippen molar-refractivity contribution < 1.29 is 9.21 Å². The van der Waals surface area contributed by atoms with Crippen molar-refractivity contribution in [1.29, 1.82) is 10.5 Å². The molecule has 0 atom stereocenters. The number of piperidine rings is 1. The molecule has 154 valence electrons. The molecule has 0 radical (unpaired) electrons. The Hall–Kier alpha value is -2.97. The number of nitriles is 2. The third-order valence-corrected chi connectivity index (χ3v) is 5.43. The lowest BCUT2D eigenvalue weighted by Crippen LogP contribution is -2.36. The van der Waals surface area contributed by atoms with Gasteiger partial charge in [-0.15, -0.1) is 0 Å². The van der Waals surface area contributed by atoms with E-state index in [0.29, 0.717) is 38.5 Å². The van der Waals surface area contributed by atoms with Crippen molar-refractivity contribution in [1.82, 2.24) is 20.0 Å². The maximum atomic E-state index is 12.1. The van der Waals surface area contributed by atoms with Gasteiger partial charge in [-0.05, 0) is 38.1 Å². The zero-order valence-electron chi connectivity index (χ0n) is 17.0. The Balaban J connectivity index is 1.57. The van der Waals surface area contributed by atoms with Gasteiger partial charge >= 0.3 is 0 Å². The summed E-state index contributed by atoms with van der Waals surface area (Å²) in [7, 11) is 0. The number of likely N-dealkylation sites (tertiary alicyclic amines) is 1. The van der Waals surface area contributed by atoms with Crippen LogP contribution in [0.4, 0.5) is 0 Å². The van der Waals surface area contributed by atoms with Gasteiger partial charge in [0.25, 0.3) is 0 Å². The zero-order valence-corrected chi connectivity index (χ0v) is 17.0. The first kappa shape index (κ1) is 20.8. The topological polar surface area (TPSA) is 99.5 Å². The van der Waals surface area contributed by atoms with Gasteiger partial charge in [-0.1, -0.05) is 6.42 Å². The van der Waals surface area contributed by atoms with E-state index in [0.717, 1.165) is 31.2 Å². The van der Waals surface area contributed by atoms with Gasteiger partial charge in [0.05, 0.1) is 13.1 Å². The van der Waals surface area contributed by atoms with Crippen LogP contribution in [0.25, 0.3) is 0 Å². The third kappa shape index (κ3) is 5.52. The number of hydrogen-bond donors (Lipinski definition) is 1. The van der Waals surface area contributed by atoms with E-state index in [4.69, 9.17) is 14.9 Å². The molecule has 3 heterocycles. The Morgan fingerprint density at radius 3 is 2.59 bits per heavy atom. The van der Waals surface area contributed by atoms with Crippen LogP contribution in [-0.4, -0.2) is 59.9 Å². The summed E-state index contributed by atoms with van der Waals surface area (Å²) in [5.41, 5.74) is 0.0743. The van der Waals surface area contributed by atoms with Crippen LogP contribution in [-0.2, 0) is 17.9 Å². The molecule has 29 heavy (non-hydrogen) atoms. The van der Waals surface area contributed by atoms with Gasteiger partial charge < -0.3 is 19.5 Å². The van der Waals surface area contributed by atoms with Crippen LogP contribution in [0.1, 0.15) is 37.7 Å². The fraction of sp³-hybridized carbons (Fsp3) is 0.571. The molecule has 3 rings (SSSR count). The molecule has 0 aliphatic carbocycles. The zero-order chi connectivity index (χ0) is 20.6. The summed E-state index contributed by atoms with van der Waals surface area (Å²) in [5.74, 6) is 2.24. The highest BCUT2D eigenvalue weighted by atomic mass is 16.3. The van der Waals surface area contributed by atoms with Crippen molar-refractivity contribution in [2.45, 2.75) is 39.3 Å². The van der Waals surface area contributed by atoms with Gasteiger partial charge in [-0.2, -0.15) is 10.5 Å². The first-order valence-corrected chi connectivity index (χ1v) is 10.2. The molecule has 8 nitrogen and oxygen atoms in total. The van der Waals surface area contributed by atoms with E-state index < -0.39 is 0 Å². The molecule has 1 N–H and O–H groups in total. The molecular formula is C21H28N6O2. The van der Waals surface area contributed by atoms with Crippen LogP contribution in [0.3, 0.4) is 0 Å². The van der Waals surface area contributed by atoms with Crippen molar-refractivity contribution in [2.75, 3.05) is 39.3 Å². The predicted octanol–water partition coefficient (Wildman–Crippen LogP) is 1.78. The number of rotatable bonds is 7. The molecule has 0 saturated carbocycles. The van der Waals surface area contributed by atoms with E-state index in [1.165, 1.54) is 19.3 Å². The fourth-order valence-corrected chi connectivity index (χ4v) is 3.84. The normalized spacial score (nSPS) is 16.8. The molecule has 0 unspecified atom stereocenters. The Morgan fingerprint density at radius 2 is 1.90 bits per heavy atom. The molecule has 2 fully saturated rings. The third-order valence-electron chi connectivity index (χ3n) is 5.43. The second-order valence-electron chi connectivity index (χ2n) is 7.51. The van der Waals surface area contributed by atoms with Crippen LogP contribution in [0.15, 0.2) is 27.9 Å². The van der Waals surface area contributed by atoms with Crippen molar-refractivity contribution in [2.24, 2.45) is 0 Å². The second-order valence-corrected chi connectivity index (χ2v) is 7.51. The van der Waals surface area contributed by atoms with Gasteiger partial charge in [-0.25, -0.2) is 0 Å². The number of carbonyl (C=O) groups excluding carboxylic acids is 1. The molecular weight excluding hydrogens is 368 g/mol. The largest absolute Gasteiger partial charge is 0.463 e. The summed E-state index contributed by atoms with van der Waals surface area (Å²) in [6, 6.07) is 7.80. The standard InChI is InChI=1S/C21H28N6O2/c1-17(28)27(12-11-26-10-7-24-21(26)18(13-22)14-23)16-20-6-5-19(29-20)15-25-8-3-2-4-9-25/h5-6,24H,2-4,7-12,15-16H2,1H3. The average Bonchev–Trinajstić information content (AvgIpc) is 3.36. The van der Waals surface area contributed by atoms with E-state index in [2.05, 4.69) is 10.2 Å². The maximum absolute atomic E-state index is 12.1. The molecule has 2 aliphatic rings. The van der Waals surface area contributed by atoms with E-state index in [-0.39, 0.29) is 11.5 Å². The van der Waals surface area contributed by atoms with Gasteiger partial charge in [0.1, 0.15) is 29.5 Å². The summed E-state index contributed by atoms with van der Waals surface area (Å²) in [4.78, 5) is 18.2. The van der Waals surface area contributed by atoms with Crippen LogP contribution >= 0.6 is 0 Å². The number of nitrogens with zero attached hydrogens (tertiary/aromatic N) is 5. The minimum atomic E-state index is -0.0301. The first-order chi connectivity index (χ1) is 14.1. The Kier molecular flexibility index (Phi) is 7.15. The van der Waals surface area contributed by atoms with E-state index in [1.807, 2.05) is 29.2 Å². The molecule has 0 bridgehead atoms. The first-order valence-electron chi connectivity index (χ1n) is 10.2. The highest BCUT2D eigenvalue weighted by Crippen LogP contribution is 2.17. The molecule has 1 aromatic rings. The number of allylic oxidation sites excluding steroid dienone is 1. The molecule has 2 saturated heterocycles. The average molecular weight is 396 g/mol. The number of nitrogens with one attached hydrogen (secondary N) is 1. The number of hydrogen-bond acceptors (Lipinski definition) is 7.